The zero-order valence-corrected chi connectivity index (χ0v) is 11.0. The molecule has 0 aromatic heterocycles. The fourth-order valence-corrected chi connectivity index (χ4v) is 1.82. The number of hydrogen-bond donors (Lipinski definition) is 1. The van der Waals surface area contributed by atoms with E-state index in [-0.39, 0.29) is 5.78 Å². The minimum Gasteiger partial charge on any atom is -0.385 e. The molecule has 96 valence electrons. The predicted octanol–water partition coefficient (Wildman–Crippen LogP) is 3.86. The van der Waals surface area contributed by atoms with Gasteiger partial charge >= 0.3 is 0 Å². The Kier molecular flexibility index (Phi) is 10.9. The van der Waals surface area contributed by atoms with E-state index in [1.165, 1.54) is 25.7 Å². The Bertz CT molecular complexity index is 166. The molecule has 0 bridgehead atoms. The van der Waals surface area contributed by atoms with Gasteiger partial charge in [0.1, 0.15) is 6.10 Å². The summed E-state index contributed by atoms with van der Waals surface area (Å²) in [5.74, 6) is 0.0487. The number of rotatable bonds is 11. The summed E-state index contributed by atoms with van der Waals surface area (Å²) in [4.78, 5) is 11.5. The van der Waals surface area contributed by atoms with Crippen LogP contribution in [0.2, 0.25) is 0 Å². The minimum atomic E-state index is -0.696. The lowest BCUT2D eigenvalue weighted by Crippen LogP contribution is -2.19. The van der Waals surface area contributed by atoms with E-state index in [1.54, 1.807) is 0 Å². The van der Waals surface area contributed by atoms with Crippen LogP contribution in [0.3, 0.4) is 0 Å². The molecule has 1 unspecified atom stereocenters. The van der Waals surface area contributed by atoms with Gasteiger partial charge in [-0.15, -0.1) is 0 Å². The Hall–Kier alpha value is -0.370. The molecule has 0 heterocycles. The number of aliphatic hydroxyl groups is 1. The maximum absolute atomic E-state index is 11.5. The average Bonchev–Trinajstić information content (AvgIpc) is 2.29. The molecule has 16 heavy (non-hydrogen) atoms. The zero-order chi connectivity index (χ0) is 12.2. The molecule has 2 heteroatoms. The molecule has 2 nitrogen and oxygen atoms in total. The first-order chi connectivity index (χ1) is 7.72. The maximum Gasteiger partial charge on any atom is 0.161 e. The van der Waals surface area contributed by atoms with Gasteiger partial charge in [0.05, 0.1) is 0 Å². The summed E-state index contributed by atoms with van der Waals surface area (Å²) in [5.41, 5.74) is 0. The first-order valence-electron chi connectivity index (χ1n) is 6.93. The monoisotopic (exact) mass is 228 g/mol. The molecule has 0 saturated carbocycles. The molecule has 0 rings (SSSR count). The Morgan fingerprint density at radius 1 is 0.938 bits per heavy atom. The smallest absolute Gasteiger partial charge is 0.161 e. The van der Waals surface area contributed by atoms with Crippen molar-refractivity contribution in [3.63, 3.8) is 0 Å². The largest absolute Gasteiger partial charge is 0.385 e. The molecule has 1 atom stereocenters. The molecular formula is C14H28O2. The summed E-state index contributed by atoms with van der Waals surface area (Å²) < 4.78 is 0. The second-order valence-electron chi connectivity index (χ2n) is 4.64. The van der Waals surface area contributed by atoms with Crippen molar-refractivity contribution in [3.05, 3.63) is 0 Å². The highest BCUT2D eigenvalue weighted by atomic mass is 16.3. The van der Waals surface area contributed by atoms with E-state index < -0.39 is 6.10 Å². The first-order valence-corrected chi connectivity index (χ1v) is 6.93. The Morgan fingerprint density at radius 2 is 1.50 bits per heavy atom. The molecule has 0 amide bonds. The van der Waals surface area contributed by atoms with E-state index in [9.17, 15) is 9.90 Å². The molecule has 0 radical (unpaired) electrons. The number of aliphatic hydroxyl groups excluding tert-OH is 1. The molecule has 0 aliphatic rings. The van der Waals surface area contributed by atoms with E-state index in [4.69, 9.17) is 0 Å². The molecule has 0 aliphatic carbocycles. The van der Waals surface area contributed by atoms with Gasteiger partial charge in [0.15, 0.2) is 5.78 Å². The van der Waals surface area contributed by atoms with Crippen LogP contribution in [0.5, 0.6) is 0 Å². The lowest BCUT2D eigenvalue weighted by atomic mass is 10.0. The molecule has 0 fully saturated rings. The molecular weight excluding hydrogens is 200 g/mol. The van der Waals surface area contributed by atoms with Crippen molar-refractivity contribution < 1.29 is 9.90 Å². The highest BCUT2D eigenvalue weighted by Gasteiger charge is 2.13. The van der Waals surface area contributed by atoms with Gasteiger partial charge in [-0.2, -0.15) is 0 Å². The van der Waals surface area contributed by atoms with Gasteiger partial charge in [-0.1, -0.05) is 58.8 Å². The number of carbonyl (C=O) groups excluding carboxylic acids is 1. The second kappa shape index (κ2) is 11.1. The van der Waals surface area contributed by atoms with Crippen LogP contribution in [0, 0.1) is 0 Å². The predicted molar refractivity (Wildman–Crippen MR) is 68.5 cm³/mol. The molecule has 0 aliphatic heterocycles. The highest BCUT2D eigenvalue weighted by Crippen LogP contribution is 2.10. The molecule has 0 saturated heterocycles. The van der Waals surface area contributed by atoms with E-state index >= 15 is 0 Å². The number of carbonyl (C=O) groups is 1. The van der Waals surface area contributed by atoms with Crippen LogP contribution in [0.1, 0.15) is 78.1 Å². The van der Waals surface area contributed by atoms with Gasteiger partial charge in [-0.25, -0.2) is 0 Å². The van der Waals surface area contributed by atoms with E-state index in [0.717, 1.165) is 25.7 Å². The van der Waals surface area contributed by atoms with Crippen LogP contribution in [-0.4, -0.2) is 17.0 Å². The molecule has 0 aromatic carbocycles. The normalized spacial score (nSPS) is 12.7. The van der Waals surface area contributed by atoms with Crippen LogP contribution in [0.4, 0.5) is 0 Å². The third-order valence-corrected chi connectivity index (χ3v) is 2.98. The van der Waals surface area contributed by atoms with Crippen molar-refractivity contribution in [1.29, 1.82) is 0 Å². The van der Waals surface area contributed by atoms with Crippen LogP contribution in [0.25, 0.3) is 0 Å². The van der Waals surface area contributed by atoms with Crippen molar-refractivity contribution in [2.75, 3.05) is 0 Å². The lowest BCUT2D eigenvalue weighted by molar-refractivity contribution is -0.127. The number of Topliss-reactive ketones (excluding diaryl/α,β-unsaturated/α-hetero) is 1. The van der Waals surface area contributed by atoms with Gasteiger partial charge in [0, 0.05) is 6.42 Å². The third kappa shape index (κ3) is 8.90. The SMILES string of the molecule is CCCCCCC(=O)C(O)CCCCCC. The van der Waals surface area contributed by atoms with E-state index in [2.05, 4.69) is 13.8 Å². The topological polar surface area (TPSA) is 37.3 Å². The molecule has 0 aromatic rings. The number of unbranched alkanes of at least 4 members (excludes halogenated alkanes) is 6. The highest BCUT2D eigenvalue weighted by molar-refractivity contribution is 5.82. The summed E-state index contributed by atoms with van der Waals surface area (Å²) in [6.45, 7) is 4.32. The zero-order valence-electron chi connectivity index (χ0n) is 11.0. The number of hydrogen-bond acceptors (Lipinski definition) is 2. The fraction of sp³-hybridized carbons (Fsp3) is 0.929. The average molecular weight is 228 g/mol. The Labute approximate surface area is 100 Å². The van der Waals surface area contributed by atoms with Crippen LogP contribution in [0.15, 0.2) is 0 Å². The van der Waals surface area contributed by atoms with Gasteiger partial charge in [0.2, 0.25) is 0 Å². The van der Waals surface area contributed by atoms with Crippen LogP contribution >= 0.6 is 0 Å². The third-order valence-electron chi connectivity index (χ3n) is 2.98. The van der Waals surface area contributed by atoms with Gasteiger partial charge < -0.3 is 5.11 Å². The lowest BCUT2D eigenvalue weighted by Gasteiger charge is -2.09. The van der Waals surface area contributed by atoms with Crippen molar-refractivity contribution in [2.45, 2.75) is 84.2 Å². The standard InChI is InChI=1S/C14H28O2/c1-3-5-7-9-11-13(15)14(16)12-10-8-6-4-2/h13,15H,3-12H2,1-2H3. The summed E-state index contributed by atoms with van der Waals surface area (Å²) in [5, 5.41) is 9.62. The second-order valence-corrected chi connectivity index (χ2v) is 4.64. The minimum absolute atomic E-state index is 0.0487. The van der Waals surface area contributed by atoms with Crippen molar-refractivity contribution >= 4 is 5.78 Å². The summed E-state index contributed by atoms with van der Waals surface area (Å²) >= 11 is 0. The summed E-state index contributed by atoms with van der Waals surface area (Å²) in [6, 6.07) is 0. The van der Waals surface area contributed by atoms with Gasteiger partial charge in [-0.3, -0.25) is 4.79 Å². The van der Waals surface area contributed by atoms with E-state index in [0.29, 0.717) is 12.8 Å². The number of ketones is 1. The van der Waals surface area contributed by atoms with Crippen LogP contribution in [-0.2, 0) is 4.79 Å². The maximum atomic E-state index is 11.5. The summed E-state index contributed by atoms with van der Waals surface area (Å²) in [6.07, 6.45) is 9.49. The molecule has 0 spiro atoms. The van der Waals surface area contributed by atoms with E-state index in [1.807, 2.05) is 0 Å². The van der Waals surface area contributed by atoms with Crippen LogP contribution < -0.4 is 0 Å². The quantitative estimate of drug-likeness (QED) is 0.545. The Balaban J connectivity index is 3.42. The van der Waals surface area contributed by atoms with Crippen molar-refractivity contribution in [1.82, 2.24) is 0 Å². The fourth-order valence-electron chi connectivity index (χ4n) is 1.82. The Morgan fingerprint density at radius 3 is 2.06 bits per heavy atom. The molecule has 1 N–H and O–H groups in total. The van der Waals surface area contributed by atoms with Gasteiger partial charge in [0.25, 0.3) is 0 Å². The van der Waals surface area contributed by atoms with Gasteiger partial charge in [-0.05, 0) is 12.8 Å². The van der Waals surface area contributed by atoms with Crippen molar-refractivity contribution in [3.8, 4) is 0 Å². The first kappa shape index (κ1) is 15.6. The van der Waals surface area contributed by atoms with Crippen molar-refractivity contribution in [2.24, 2.45) is 0 Å². The summed E-state index contributed by atoms with van der Waals surface area (Å²) in [7, 11) is 0.